The monoisotopic (exact) mass is 154 g/mol. The van der Waals surface area contributed by atoms with Crippen LogP contribution in [-0.4, -0.2) is 5.91 Å². The molecule has 11 heavy (non-hydrogen) atoms. The van der Waals surface area contributed by atoms with Gasteiger partial charge in [-0.05, 0) is 12.8 Å². The van der Waals surface area contributed by atoms with Crippen molar-refractivity contribution in [2.75, 3.05) is 0 Å². The first-order valence-electron chi connectivity index (χ1n) is 4.00. The van der Waals surface area contributed by atoms with Gasteiger partial charge in [0, 0.05) is 6.42 Å². The van der Waals surface area contributed by atoms with Crippen molar-refractivity contribution in [3.8, 4) is 0 Å². The first kappa shape index (κ1) is 10.2. The molecule has 2 heteroatoms. The Hall–Kier alpha value is -0.790. The minimum atomic E-state index is -0.265. The van der Waals surface area contributed by atoms with Gasteiger partial charge in [-0.25, -0.2) is 0 Å². The van der Waals surface area contributed by atoms with Crippen LogP contribution in [0.5, 0.6) is 0 Å². The van der Waals surface area contributed by atoms with Crippen LogP contribution in [0.15, 0.2) is 12.2 Å². The second kappa shape index (κ2) is 7.32. The molecular formula is C9H16NO. The Balaban J connectivity index is 3.10. The molecule has 0 spiro atoms. The lowest BCUT2D eigenvalue weighted by molar-refractivity contribution is -0.117. The molecule has 0 rings (SSSR count). The van der Waals surface area contributed by atoms with E-state index in [0.717, 1.165) is 25.7 Å². The van der Waals surface area contributed by atoms with E-state index in [1.54, 1.807) is 0 Å². The van der Waals surface area contributed by atoms with Crippen molar-refractivity contribution in [2.45, 2.75) is 32.1 Å². The molecule has 2 nitrogen and oxygen atoms in total. The van der Waals surface area contributed by atoms with E-state index in [0.29, 0.717) is 6.42 Å². The van der Waals surface area contributed by atoms with Crippen molar-refractivity contribution in [1.82, 2.24) is 0 Å². The number of nitrogens with two attached hydrogens (primary N) is 1. The van der Waals surface area contributed by atoms with Crippen molar-refractivity contribution >= 4 is 5.91 Å². The predicted octanol–water partition coefficient (Wildman–Crippen LogP) is 1.81. The summed E-state index contributed by atoms with van der Waals surface area (Å²) in [6.07, 6.45) is 8.52. The van der Waals surface area contributed by atoms with Gasteiger partial charge in [-0.1, -0.05) is 31.9 Å². The quantitative estimate of drug-likeness (QED) is 0.460. The van der Waals surface area contributed by atoms with Crippen molar-refractivity contribution < 1.29 is 4.79 Å². The van der Waals surface area contributed by atoms with Gasteiger partial charge in [-0.15, -0.1) is 0 Å². The Kier molecular flexibility index (Phi) is 6.79. The van der Waals surface area contributed by atoms with Gasteiger partial charge in [0.2, 0.25) is 5.91 Å². The number of hydrogen-bond donors (Lipinski definition) is 1. The van der Waals surface area contributed by atoms with Crippen LogP contribution in [0.25, 0.3) is 0 Å². The minimum absolute atomic E-state index is 0.265. The average Bonchev–Trinajstić information content (AvgIpc) is 1.96. The SMILES string of the molecule is [CH2]CCCCC=CCC(N)=O. The molecule has 0 unspecified atom stereocenters. The molecule has 63 valence electrons. The summed E-state index contributed by atoms with van der Waals surface area (Å²) in [6, 6.07) is 0. The topological polar surface area (TPSA) is 43.1 Å². The minimum Gasteiger partial charge on any atom is -0.369 e. The normalized spacial score (nSPS) is 10.6. The second-order valence-corrected chi connectivity index (χ2v) is 2.49. The summed E-state index contributed by atoms with van der Waals surface area (Å²) in [6.45, 7) is 3.73. The summed E-state index contributed by atoms with van der Waals surface area (Å²) in [5, 5.41) is 0. The molecule has 0 heterocycles. The molecule has 0 saturated heterocycles. The van der Waals surface area contributed by atoms with Gasteiger partial charge < -0.3 is 5.73 Å². The Morgan fingerprint density at radius 3 is 2.64 bits per heavy atom. The highest BCUT2D eigenvalue weighted by molar-refractivity contribution is 5.75. The van der Waals surface area contributed by atoms with Crippen LogP contribution in [0.1, 0.15) is 32.1 Å². The summed E-state index contributed by atoms with van der Waals surface area (Å²) in [5.74, 6) is -0.265. The van der Waals surface area contributed by atoms with Crippen LogP contribution in [0.2, 0.25) is 0 Å². The Bertz CT molecular complexity index is 130. The van der Waals surface area contributed by atoms with Crippen LogP contribution in [0, 0.1) is 6.92 Å². The maximum Gasteiger partial charge on any atom is 0.221 e. The summed E-state index contributed by atoms with van der Waals surface area (Å²) in [4.78, 5) is 10.2. The zero-order valence-corrected chi connectivity index (χ0v) is 6.88. The predicted molar refractivity (Wildman–Crippen MR) is 46.8 cm³/mol. The molecule has 1 radical (unpaired) electrons. The molecule has 2 N–H and O–H groups in total. The number of hydrogen-bond acceptors (Lipinski definition) is 1. The van der Waals surface area contributed by atoms with Crippen molar-refractivity contribution in [3.05, 3.63) is 19.1 Å². The number of rotatable bonds is 6. The van der Waals surface area contributed by atoms with Crippen molar-refractivity contribution in [3.63, 3.8) is 0 Å². The first-order valence-corrected chi connectivity index (χ1v) is 4.00. The number of allylic oxidation sites excluding steroid dienone is 1. The zero-order chi connectivity index (χ0) is 8.53. The number of carbonyl (C=O) groups excluding carboxylic acids is 1. The third kappa shape index (κ3) is 9.21. The number of amides is 1. The molecule has 0 bridgehead atoms. The molecule has 0 aromatic heterocycles. The first-order chi connectivity index (χ1) is 5.27. The molecular weight excluding hydrogens is 138 g/mol. The smallest absolute Gasteiger partial charge is 0.221 e. The van der Waals surface area contributed by atoms with Gasteiger partial charge in [-0.3, -0.25) is 4.79 Å². The fraction of sp³-hybridized carbons (Fsp3) is 0.556. The van der Waals surface area contributed by atoms with E-state index >= 15 is 0 Å². The van der Waals surface area contributed by atoms with Crippen LogP contribution < -0.4 is 5.73 Å². The average molecular weight is 154 g/mol. The van der Waals surface area contributed by atoms with E-state index < -0.39 is 0 Å². The maximum absolute atomic E-state index is 10.2. The summed E-state index contributed by atoms with van der Waals surface area (Å²) >= 11 is 0. The lowest BCUT2D eigenvalue weighted by atomic mass is 10.2. The van der Waals surface area contributed by atoms with Crippen molar-refractivity contribution in [1.29, 1.82) is 0 Å². The van der Waals surface area contributed by atoms with Gasteiger partial charge in [0.25, 0.3) is 0 Å². The lowest BCUT2D eigenvalue weighted by Gasteiger charge is -1.90. The van der Waals surface area contributed by atoms with Gasteiger partial charge in [0.05, 0.1) is 0 Å². The molecule has 0 atom stereocenters. The molecule has 0 aliphatic carbocycles. The lowest BCUT2D eigenvalue weighted by Crippen LogP contribution is -2.07. The van der Waals surface area contributed by atoms with Gasteiger partial charge in [0.1, 0.15) is 0 Å². The number of primary amides is 1. The number of carbonyl (C=O) groups is 1. The van der Waals surface area contributed by atoms with Crippen LogP contribution in [0.3, 0.4) is 0 Å². The Morgan fingerprint density at radius 2 is 2.09 bits per heavy atom. The van der Waals surface area contributed by atoms with E-state index in [1.165, 1.54) is 0 Å². The van der Waals surface area contributed by atoms with E-state index in [1.807, 2.05) is 12.2 Å². The van der Waals surface area contributed by atoms with E-state index in [4.69, 9.17) is 5.73 Å². The van der Waals surface area contributed by atoms with Crippen LogP contribution >= 0.6 is 0 Å². The number of unbranched alkanes of at least 4 members (excludes halogenated alkanes) is 3. The summed E-state index contributed by atoms with van der Waals surface area (Å²) in [5.41, 5.74) is 4.93. The highest BCUT2D eigenvalue weighted by Gasteiger charge is 1.86. The molecule has 0 fully saturated rings. The van der Waals surface area contributed by atoms with E-state index in [-0.39, 0.29) is 5.91 Å². The fourth-order valence-corrected chi connectivity index (χ4v) is 0.756. The van der Waals surface area contributed by atoms with Gasteiger partial charge in [0.15, 0.2) is 0 Å². The summed E-state index contributed by atoms with van der Waals surface area (Å²) in [7, 11) is 0. The van der Waals surface area contributed by atoms with E-state index in [9.17, 15) is 4.79 Å². The third-order valence-electron chi connectivity index (χ3n) is 1.36. The third-order valence-corrected chi connectivity index (χ3v) is 1.36. The highest BCUT2D eigenvalue weighted by atomic mass is 16.1. The Labute approximate surface area is 68.5 Å². The molecule has 0 aliphatic heterocycles. The Morgan fingerprint density at radius 1 is 1.36 bits per heavy atom. The molecule has 0 aromatic rings. The van der Waals surface area contributed by atoms with Crippen molar-refractivity contribution in [2.24, 2.45) is 5.73 Å². The standard InChI is InChI=1S/C9H16NO/c1-2-3-4-5-6-7-8-9(10)11/h6-7H,1-5,8H2,(H2,10,11). The summed E-state index contributed by atoms with van der Waals surface area (Å²) < 4.78 is 0. The van der Waals surface area contributed by atoms with Gasteiger partial charge in [-0.2, -0.15) is 0 Å². The molecule has 1 amide bonds. The molecule has 0 aliphatic rings. The van der Waals surface area contributed by atoms with Crippen LogP contribution in [-0.2, 0) is 4.79 Å². The highest BCUT2D eigenvalue weighted by Crippen LogP contribution is 1.99. The zero-order valence-electron chi connectivity index (χ0n) is 6.88. The van der Waals surface area contributed by atoms with E-state index in [2.05, 4.69) is 6.92 Å². The second-order valence-electron chi connectivity index (χ2n) is 2.49. The maximum atomic E-state index is 10.2. The fourth-order valence-electron chi connectivity index (χ4n) is 0.756. The van der Waals surface area contributed by atoms with Gasteiger partial charge >= 0.3 is 0 Å². The largest absolute Gasteiger partial charge is 0.369 e. The van der Waals surface area contributed by atoms with Crippen LogP contribution in [0.4, 0.5) is 0 Å². The molecule has 0 saturated carbocycles. The molecule has 0 aromatic carbocycles.